The van der Waals surface area contributed by atoms with Gasteiger partial charge in [0.1, 0.15) is 6.61 Å². The predicted octanol–water partition coefficient (Wildman–Crippen LogP) is 4.51. The number of nitrogens with zero attached hydrogens (tertiary/aromatic N) is 3. The van der Waals surface area contributed by atoms with E-state index in [-0.39, 0.29) is 19.0 Å². The first-order valence-corrected chi connectivity index (χ1v) is 9.44. The van der Waals surface area contributed by atoms with E-state index < -0.39 is 0 Å². The number of aromatic nitrogens is 3. The van der Waals surface area contributed by atoms with Crippen molar-refractivity contribution in [1.29, 1.82) is 0 Å². The lowest BCUT2D eigenvalue weighted by atomic mass is 10.1. The van der Waals surface area contributed by atoms with Crippen molar-refractivity contribution in [3.63, 3.8) is 0 Å². The van der Waals surface area contributed by atoms with E-state index in [4.69, 9.17) is 9.15 Å². The number of rotatable bonds is 7. The number of esters is 1. The van der Waals surface area contributed by atoms with Crippen molar-refractivity contribution in [2.24, 2.45) is 0 Å². The van der Waals surface area contributed by atoms with Crippen molar-refractivity contribution in [2.45, 2.75) is 26.4 Å². The normalized spacial score (nSPS) is 10.8. The zero-order valence-corrected chi connectivity index (χ0v) is 16.1. The number of ether oxygens (including phenoxy) is 1. The van der Waals surface area contributed by atoms with Crippen LogP contribution < -0.4 is 0 Å². The van der Waals surface area contributed by atoms with Crippen LogP contribution in [0.25, 0.3) is 17.0 Å². The fourth-order valence-corrected chi connectivity index (χ4v) is 2.89. The van der Waals surface area contributed by atoms with E-state index in [1.54, 1.807) is 17.1 Å². The second-order valence-electron chi connectivity index (χ2n) is 6.76. The Hall–Kier alpha value is -3.67. The fraction of sp³-hybridized carbons (Fsp3) is 0.174. The highest BCUT2D eigenvalue weighted by atomic mass is 16.5. The fourth-order valence-electron chi connectivity index (χ4n) is 2.89. The average Bonchev–Trinajstić information content (AvgIpc) is 3.44. The van der Waals surface area contributed by atoms with Crippen LogP contribution in [0.5, 0.6) is 0 Å². The number of carbonyl (C=O) groups is 1. The Morgan fingerprint density at radius 3 is 2.62 bits per heavy atom. The molecule has 0 amide bonds. The molecule has 0 unspecified atom stereocenters. The molecule has 0 bridgehead atoms. The molecule has 0 atom stereocenters. The van der Waals surface area contributed by atoms with Gasteiger partial charge in [0.25, 0.3) is 0 Å². The molecule has 0 N–H and O–H groups in total. The van der Waals surface area contributed by atoms with Gasteiger partial charge in [-0.2, -0.15) is 5.10 Å². The van der Waals surface area contributed by atoms with Crippen LogP contribution in [0.3, 0.4) is 0 Å². The SMILES string of the molecule is Cc1ccc(-c2cnc(CCC(=O)OCc3ccc(-n4cccn4)cc3)o2)cc1. The monoisotopic (exact) mass is 387 g/mol. The number of benzene rings is 2. The van der Waals surface area contributed by atoms with E-state index in [0.29, 0.717) is 18.1 Å². The largest absolute Gasteiger partial charge is 0.461 e. The Morgan fingerprint density at radius 1 is 1.10 bits per heavy atom. The zero-order valence-electron chi connectivity index (χ0n) is 16.1. The van der Waals surface area contributed by atoms with Crippen molar-refractivity contribution in [1.82, 2.24) is 14.8 Å². The molecule has 2 heterocycles. The first-order valence-electron chi connectivity index (χ1n) is 9.44. The summed E-state index contributed by atoms with van der Waals surface area (Å²) in [5, 5.41) is 4.18. The number of aryl methyl sites for hydroxylation is 2. The summed E-state index contributed by atoms with van der Waals surface area (Å²) in [5.74, 6) is 0.947. The summed E-state index contributed by atoms with van der Waals surface area (Å²) in [7, 11) is 0. The molecular formula is C23H21N3O3. The topological polar surface area (TPSA) is 70.2 Å². The molecule has 6 nitrogen and oxygen atoms in total. The van der Waals surface area contributed by atoms with Gasteiger partial charge >= 0.3 is 5.97 Å². The molecular weight excluding hydrogens is 366 g/mol. The maximum atomic E-state index is 12.1. The minimum absolute atomic E-state index is 0.221. The second kappa shape index (κ2) is 8.56. The van der Waals surface area contributed by atoms with Gasteiger partial charge in [-0.25, -0.2) is 9.67 Å². The minimum atomic E-state index is -0.281. The summed E-state index contributed by atoms with van der Waals surface area (Å²) in [5.41, 5.74) is 4.04. The van der Waals surface area contributed by atoms with E-state index in [1.165, 1.54) is 5.56 Å². The molecule has 6 heteroatoms. The summed E-state index contributed by atoms with van der Waals surface area (Å²) in [6, 6.07) is 17.6. The van der Waals surface area contributed by atoms with Crippen molar-refractivity contribution in [3.05, 3.63) is 90.2 Å². The molecule has 4 rings (SSSR count). The molecule has 0 saturated heterocycles. The van der Waals surface area contributed by atoms with Crippen molar-refractivity contribution < 1.29 is 13.9 Å². The zero-order chi connectivity index (χ0) is 20.1. The minimum Gasteiger partial charge on any atom is -0.461 e. The van der Waals surface area contributed by atoms with Crippen LogP contribution in [0, 0.1) is 6.92 Å². The van der Waals surface area contributed by atoms with Gasteiger partial charge in [-0.1, -0.05) is 42.0 Å². The van der Waals surface area contributed by atoms with Crippen LogP contribution in [-0.2, 0) is 22.6 Å². The second-order valence-corrected chi connectivity index (χ2v) is 6.76. The van der Waals surface area contributed by atoms with E-state index in [1.807, 2.05) is 67.7 Å². The highest BCUT2D eigenvalue weighted by Gasteiger charge is 2.10. The summed E-state index contributed by atoms with van der Waals surface area (Å²) < 4.78 is 12.9. The number of carbonyl (C=O) groups excluding carboxylic acids is 1. The molecule has 0 radical (unpaired) electrons. The highest BCUT2D eigenvalue weighted by molar-refractivity contribution is 5.69. The molecule has 0 aliphatic carbocycles. The summed E-state index contributed by atoms with van der Waals surface area (Å²) in [6.07, 6.45) is 5.92. The van der Waals surface area contributed by atoms with E-state index >= 15 is 0 Å². The Bertz CT molecular complexity index is 1070. The number of hydrogen-bond donors (Lipinski definition) is 0. The third kappa shape index (κ3) is 4.79. The Morgan fingerprint density at radius 2 is 1.90 bits per heavy atom. The Labute approximate surface area is 168 Å². The van der Waals surface area contributed by atoms with E-state index in [9.17, 15) is 4.79 Å². The van der Waals surface area contributed by atoms with Crippen LogP contribution in [0.15, 0.2) is 77.6 Å². The highest BCUT2D eigenvalue weighted by Crippen LogP contribution is 2.21. The van der Waals surface area contributed by atoms with Gasteiger partial charge in [0, 0.05) is 24.4 Å². The van der Waals surface area contributed by atoms with Crippen LogP contribution >= 0.6 is 0 Å². The third-order valence-electron chi connectivity index (χ3n) is 4.54. The van der Waals surface area contributed by atoms with E-state index in [2.05, 4.69) is 10.1 Å². The standard InChI is InChI=1S/C23H21N3O3/c1-17-3-7-19(8-4-17)21-15-24-22(29-21)11-12-23(27)28-16-18-5-9-20(10-6-18)26-14-2-13-25-26/h2-10,13-15H,11-12,16H2,1H3. The lowest BCUT2D eigenvalue weighted by molar-refractivity contribution is -0.145. The summed E-state index contributed by atoms with van der Waals surface area (Å²) in [6.45, 7) is 2.27. The summed E-state index contributed by atoms with van der Waals surface area (Å²) >= 11 is 0. The maximum absolute atomic E-state index is 12.1. The molecule has 0 fully saturated rings. The molecule has 0 saturated carbocycles. The smallest absolute Gasteiger partial charge is 0.306 e. The molecule has 0 aliphatic heterocycles. The van der Waals surface area contributed by atoms with Crippen LogP contribution in [0.1, 0.15) is 23.4 Å². The molecule has 146 valence electrons. The molecule has 0 aliphatic rings. The first kappa shape index (κ1) is 18.7. The third-order valence-corrected chi connectivity index (χ3v) is 4.54. The van der Waals surface area contributed by atoms with Crippen LogP contribution in [-0.4, -0.2) is 20.7 Å². The molecule has 0 spiro atoms. The van der Waals surface area contributed by atoms with Gasteiger partial charge in [0.15, 0.2) is 11.7 Å². The quantitative estimate of drug-likeness (QED) is 0.436. The summed E-state index contributed by atoms with van der Waals surface area (Å²) in [4.78, 5) is 16.3. The van der Waals surface area contributed by atoms with Crippen LogP contribution in [0.2, 0.25) is 0 Å². The molecule has 29 heavy (non-hydrogen) atoms. The van der Waals surface area contributed by atoms with Gasteiger partial charge in [-0.15, -0.1) is 0 Å². The molecule has 2 aromatic heterocycles. The van der Waals surface area contributed by atoms with Crippen molar-refractivity contribution in [3.8, 4) is 17.0 Å². The predicted molar refractivity (Wildman–Crippen MR) is 108 cm³/mol. The lowest BCUT2D eigenvalue weighted by Crippen LogP contribution is -2.06. The molecule has 4 aromatic rings. The van der Waals surface area contributed by atoms with Crippen LogP contribution in [0.4, 0.5) is 0 Å². The first-order chi connectivity index (χ1) is 14.2. The number of oxazole rings is 1. The van der Waals surface area contributed by atoms with Gasteiger partial charge in [0.2, 0.25) is 0 Å². The van der Waals surface area contributed by atoms with Gasteiger partial charge in [-0.05, 0) is 30.7 Å². The Kier molecular flexibility index (Phi) is 5.52. The Balaban J connectivity index is 1.25. The lowest BCUT2D eigenvalue weighted by Gasteiger charge is -2.06. The van der Waals surface area contributed by atoms with Crippen molar-refractivity contribution >= 4 is 5.97 Å². The van der Waals surface area contributed by atoms with Gasteiger partial charge in [-0.3, -0.25) is 4.79 Å². The van der Waals surface area contributed by atoms with Gasteiger partial charge in [0.05, 0.1) is 18.3 Å². The molecule has 2 aromatic carbocycles. The van der Waals surface area contributed by atoms with Crippen molar-refractivity contribution in [2.75, 3.05) is 0 Å². The number of hydrogen-bond acceptors (Lipinski definition) is 5. The average molecular weight is 387 g/mol. The van der Waals surface area contributed by atoms with E-state index in [0.717, 1.165) is 16.8 Å². The van der Waals surface area contributed by atoms with Gasteiger partial charge < -0.3 is 9.15 Å². The maximum Gasteiger partial charge on any atom is 0.306 e.